The Kier molecular flexibility index (Phi) is 8.01. The largest absolute Gasteiger partial charge is 0.462 e. The topological polar surface area (TPSA) is 55.4 Å². The number of thiophene rings is 1. The summed E-state index contributed by atoms with van der Waals surface area (Å²) in [5.74, 6) is -0.270. The van der Waals surface area contributed by atoms with E-state index in [-0.39, 0.29) is 12.5 Å². The molecule has 1 heterocycles. The lowest BCUT2D eigenvalue weighted by atomic mass is 10.0. The van der Waals surface area contributed by atoms with E-state index in [2.05, 4.69) is 38.2 Å². The fourth-order valence-electron chi connectivity index (χ4n) is 3.31. The van der Waals surface area contributed by atoms with Crippen LogP contribution in [0.2, 0.25) is 0 Å². The molecule has 1 aromatic heterocycles. The molecule has 2 aromatic carbocycles. The van der Waals surface area contributed by atoms with E-state index in [1.165, 1.54) is 28.5 Å². The van der Waals surface area contributed by atoms with Crippen molar-refractivity contribution >= 4 is 34.3 Å². The standard InChI is InChI=1S/C27H29NO3S/c1-5-19-7-14-22(15-8-19)23-17-32-26(25(23)27(30)31-6-2)28-24(29)16-11-20-9-12-21(13-10-20)18(3)4/h7-18H,5-6H2,1-4H3,(H,28,29). The van der Waals surface area contributed by atoms with Crippen LogP contribution in [0, 0.1) is 0 Å². The van der Waals surface area contributed by atoms with Gasteiger partial charge in [-0.15, -0.1) is 11.3 Å². The Morgan fingerprint density at radius 3 is 2.31 bits per heavy atom. The van der Waals surface area contributed by atoms with Crippen LogP contribution in [0.25, 0.3) is 17.2 Å². The lowest BCUT2D eigenvalue weighted by Crippen LogP contribution is -2.12. The van der Waals surface area contributed by atoms with E-state index >= 15 is 0 Å². The molecule has 32 heavy (non-hydrogen) atoms. The van der Waals surface area contributed by atoms with Gasteiger partial charge in [0.15, 0.2) is 0 Å². The summed E-state index contributed by atoms with van der Waals surface area (Å²) in [6.45, 7) is 8.43. The highest BCUT2D eigenvalue weighted by Crippen LogP contribution is 2.36. The van der Waals surface area contributed by atoms with Crippen LogP contribution in [0.3, 0.4) is 0 Å². The fraction of sp³-hybridized carbons (Fsp3) is 0.259. The molecule has 0 aliphatic rings. The third-order valence-corrected chi connectivity index (χ3v) is 6.11. The average Bonchev–Trinajstić information content (AvgIpc) is 3.21. The first kappa shape index (κ1) is 23.5. The first-order chi connectivity index (χ1) is 15.4. The molecule has 166 valence electrons. The van der Waals surface area contributed by atoms with Crippen LogP contribution < -0.4 is 5.32 Å². The zero-order valence-corrected chi connectivity index (χ0v) is 19.8. The zero-order valence-electron chi connectivity index (χ0n) is 19.0. The van der Waals surface area contributed by atoms with Crippen LogP contribution in [0.15, 0.2) is 60.0 Å². The summed E-state index contributed by atoms with van der Waals surface area (Å²) >= 11 is 1.32. The Balaban J connectivity index is 1.82. The third kappa shape index (κ3) is 5.74. The molecule has 0 aliphatic carbocycles. The molecule has 0 fully saturated rings. The highest BCUT2D eigenvalue weighted by molar-refractivity contribution is 7.15. The molecule has 0 saturated heterocycles. The second-order valence-corrected chi connectivity index (χ2v) is 8.65. The third-order valence-electron chi connectivity index (χ3n) is 5.21. The molecule has 0 spiro atoms. The monoisotopic (exact) mass is 447 g/mol. The maximum atomic E-state index is 12.7. The molecule has 0 saturated carbocycles. The smallest absolute Gasteiger partial charge is 0.341 e. The highest BCUT2D eigenvalue weighted by atomic mass is 32.1. The van der Waals surface area contributed by atoms with Crippen LogP contribution in [-0.4, -0.2) is 18.5 Å². The van der Waals surface area contributed by atoms with Gasteiger partial charge in [0, 0.05) is 17.0 Å². The van der Waals surface area contributed by atoms with Gasteiger partial charge in [0.2, 0.25) is 5.91 Å². The number of benzene rings is 2. The Labute approximate surface area is 193 Å². The lowest BCUT2D eigenvalue weighted by molar-refractivity contribution is -0.111. The van der Waals surface area contributed by atoms with Gasteiger partial charge in [0.05, 0.1) is 6.61 Å². The van der Waals surface area contributed by atoms with Gasteiger partial charge in [0.1, 0.15) is 10.6 Å². The van der Waals surface area contributed by atoms with Crippen molar-refractivity contribution < 1.29 is 14.3 Å². The Morgan fingerprint density at radius 2 is 1.72 bits per heavy atom. The van der Waals surface area contributed by atoms with Crippen LogP contribution >= 0.6 is 11.3 Å². The van der Waals surface area contributed by atoms with Crippen molar-refractivity contribution in [1.29, 1.82) is 0 Å². The number of hydrogen-bond donors (Lipinski definition) is 1. The van der Waals surface area contributed by atoms with Crippen LogP contribution in [0.1, 0.15) is 60.7 Å². The molecule has 1 amide bonds. The number of aryl methyl sites for hydroxylation is 1. The quantitative estimate of drug-likeness (QED) is 0.301. The van der Waals surface area contributed by atoms with E-state index in [0.717, 1.165) is 23.1 Å². The highest BCUT2D eigenvalue weighted by Gasteiger charge is 2.22. The molecule has 0 bridgehead atoms. The second-order valence-electron chi connectivity index (χ2n) is 7.77. The number of rotatable bonds is 8. The number of nitrogens with one attached hydrogen (secondary N) is 1. The van der Waals surface area contributed by atoms with Gasteiger partial charge in [0.25, 0.3) is 0 Å². The fourth-order valence-corrected chi connectivity index (χ4v) is 4.27. The van der Waals surface area contributed by atoms with Gasteiger partial charge in [-0.2, -0.15) is 0 Å². The van der Waals surface area contributed by atoms with Gasteiger partial charge in [-0.25, -0.2) is 4.79 Å². The first-order valence-corrected chi connectivity index (χ1v) is 11.8. The predicted octanol–water partition coefficient (Wildman–Crippen LogP) is 6.93. The number of hydrogen-bond acceptors (Lipinski definition) is 4. The number of carbonyl (C=O) groups excluding carboxylic acids is 2. The number of amides is 1. The predicted molar refractivity (Wildman–Crippen MR) is 133 cm³/mol. The molecule has 0 aliphatic heterocycles. The van der Waals surface area contributed by atoms with Crippen molar-refractivity contribution in [2.24, 2.45) is 0 Å². The van der Waals surface area contributed by atoms with Crippen molar-refractivity contribution in [2.45, 2.75) is 40.0 Å². The van der Waals surface area contributed by atoms with Crippen LogP contribution in [0.4, 0.5) is 5.00 Å². The summed E-state index contributed by atoms with van der Waals surface area (Å²) in [5, 5.41) is 5.23. The van der Waals surface area contributed by atoms with Crippen LogP contribution in [-0.2, 0) is 16.0 Å². The second kappa shape index (κ2) is 10.9. The van der Waals surface area contributed by atoms with Gasteiger partial charge in [-0.1, -0.05) is 69.3 Å². The summed E-state index contributed by atoms with van der Waals surface area (Å²) in [7, 11) is 0. The molecule has 1 N–H and O–H groups in total. The average molecular weight is 448 g/mol. The normalized spacial score (nSPS) is 11.2. The minimum absolute atomic E-state index is 0.266. The Bertz CT molecular complexity index is 1090. The van der Waals surface area contributed by atoms with Gasteiger partial charge in [-0.3, -0.25) is 4.79 Å². The van der Waals surface area contributed by atoms with E-state index in [0.29, 0.717) is 16.5 Å². The van der Waals surface area contributed by atoms with Crippen molar-refractivity contribution in [3.8, 4) is 11.1 Å². The van der Waals surface area contributed by atoms with Gasteiger partial charge in [-0.05, 0) is 47.6 Å². The summed E-state index contributed by atoms with van der Waals surface area (Å²) in [5.41, 5.74) is 5.50. The summed E-state index contributed by atoms with van der Waals surface area (Å²) in [6.07, 6.45) is 4.19. The van der Waals surface area contributed by atoms with Gasteiger partial charge >= 0.3 is 5.97 Å². The van der Waals surface area contributed by atoms with Crippen LogP contribution in [0.5, 0.6) is 0 Å². The first-order valence-electron chi connectivity index (χ1n) is 10.9. The van der Waals surface area contributed by atoms with Crippen molar-refractivity contribution in [3.05, 3.63) is 82.2 Å². The maximum absolute atomic E-state index is 12.7. The maximum Gasteiger partial charge on any atom is 0.341 e. The Morgan fingerprint density at radius 1 is 1.03 bits per heavy atom. The molecular weight excluding hydrogens is 418 g/mol. The van der Waals surface area contributed by atoms with Gasteiger partial charge < -0.3 is 10.1 Å². The zero-order chi connectivity index (χ0) is 23.1. The number of ether oxygens (including phenoxy) is 1. The summed E-state index contributed by atoms with van der Waals surface area (Å²) in [4.78, 5) is 25.3. The SMILES string of the molecule is CCOC(=O)c1c(-c2ccc(CC)cc2)csc1NC(=O)C=Cc1ccc(C(C)C)cc1. The van der Waals surface area contributed by atoms with E-state index in [1.807, 2.05) is 41.8 Å². The lowest BCUT2D eigenvalue weighted by Gasteiger charge is -2.08. The van der Waals surface area contributed by atoms with E-state index < -0.39 is 5.97 Å². The minimum atomic E-state index is -0.438. The van der Waals surface area contributed by atoms with Crippen molar-refractivity contribution in [1.82, 2.24) is 0 Å². The molecule has 3 rings (SSSR count). The minimum Gasteiger partial charge on any atom is -0.462 e. The molecule has 0 atom stereocenters. The van der Waals surface area contributed by atoms with E-state index in [9.17, 15) is 9.59 Å². The van der Waals surface area contributed by atoms with E-state index in [4.69, 9.17) is 4.74 Å². The van der Waals surface area contributed by atoms with Crippen molar-refractivity contribution in [2.75, 3.05) is 11.9 Å². The number of anilines is 1. The summed E-state index contributed by atoms with van der Waals surface area (Å²) < 4.78 is 5.27. The van der Waals surface area contributed by atoms with E-state index in [1.54, 1.807) is 13.0 Å². The molecule has 5 heteroatoms. The number of esters is 1. The Hall–Kier alpha value is -3.18. The molecule has 0 unspecified atom stereocenters. The van der Waals surface area contributed by atoms with Crippen molar-refractivity contribution in [3.63, 3.8) is 0 Å². The molecule has 3 aromatic rings. The summed E-state index contributed by atoms with van der Waals surface area (Å²) in [6, 6.07) is 16.2. The molecular formula is C27H29NO3S. The number of carbonyl (C=O) groups is 2. The molecule has 4 nitrogen and oxygen atoms in total. The molecule has 0 radical (unpaired) electrons.